The first-order valence-corrected chi connectivity index (χ1v) is 14.9. The van der Waals surface area contributed by atoms with Crippen LogP contribution in [-0.4, -0.2) is 23.6 Å². The number of nitrogens with one attached hydrogen (secondary N) is 1. The molecular formula is C33H23Cl2N3O5S. The van der Waals surface area contributed by atoms with Crippen molar-refractivity contribution in [2.24, 2.45) is 4.99 Å². The number of amides is 1. The zero-order valence-corrected chi connectivity index (χ0v) is 25.7. The number of thiazole rings is 1. The number of para-hydroxylation sites is 1. The van der Waals surface area contributed by atoms with Gasteiger partial charge in [0, 0.05) is 27.4 Å². The van der Waals surface area contributed by atoms with Gasteiger partial charge in [-0.3, -0.25) is 14.2 Å². The molecule has 1 aliphatic heterocycles. The zero-order valence-electron chi connectivity index (χ0n) is 23.3. The summed E-state index contributed by atoms with van der Waals surface area (Å²) in [7, 11) is 1.30. The van der Waals surface area contributed by atoms with Gasteiger partial charge in [-0.2, -0.15) is 0 Å². The van der Waals surface area contributed by atoms with Crippen LogP contribution in [0.5, 0.6) is 0 Å². The molecule has 1 atom stereocenters. The van der Waals surface area contributed by atoms with Gasteiger partial charge in [-0.25, -0.2) is 9.79 Å². The third kappa shape index (κ3) is 5.65. The predicted molar refractivity (Wildman–Crippen MR) is 171 cm³/mol. The van der Waals surface area contributed by atoms with E-state index in [1.54, 1.807) is 79.7 Å². The van der Waals surface area contributed by atoms with E-state index >= 15 is 0 Å². The number of carbonyl (C=O) groups excluding carboxylic acids is 2. The lowest BCUT2D eigenvalue weighted by Gasteiger charge is -2.25. The number of benzene rings is 3. The minimum atomic E-state index is -0.754. The highest BCUT2D eigenvalue weighted by Gasteiger charge is 2.32. The molecule has 0 spiro atoms. The van der Waals surface area contributed by atoms with Crippen LogP contribution < -0.4 is 20.2 Å². The van der Waals surface area contributed by atoms with Crippen LogP contribution in [-0.2, 0) is 9.53 Å². The minimum absolute atomic E-state index is 0.289. The number of aromatic nitrogens is 1. The van der Waals surface area contributed by atoms with Crippen molar-refractivity contribution in [3.8, 4) is 11.3 Å². The maximum absolute atomic E-state index is 14.0. The number of anilines is 1. The summed E-state index contributed by atoms with van der Waals surface area (Å²) in [4.78, 5) is 45.1. The van der Waals surface area contributed by atoms with Crippen molar-refractivity contribution >= 4 is 58.2 Å². The van der Waals surface area contributed by atoms with Crippen molar-refractivity contribution in [2.45, 2.75) is 13.0 Å². The van der Waals surface area contributed by atoms with Crippen molar-refractivity contribution in [1.82, 2.24) is 4.57 Å². The molecule has 0 saturated carbocycles. The van der Waals surface area contributed by atoms with E-state index in [1.807, 2.05) is 18.2 Å². The van der Waals surface area contributed by atoms with E-state index in [1.165, 1.54) is 23.0 Å². The van der Waals surface area contributed by atoms with E-state index in [2.05, 4.69) is 10.3 Å². The van der Waals surface area contributed by atoms with Gasteiger partial charge < -0.3 is 14.5 Å². The molecule has 3 aromatic carbocycles. The number of rotatable bonds is 6. The Labute approximate surface area is 265 Å². The van der Waals surface area contributed by atoms with Crippen molar-refractivity contribution in [3.63, 3.8) is 0 Å². The van der Waals surface area contributed by atoms with Crippen molar-refractivity contribution in [1.29, 1.82) is 0 Å². The van der Waals surface area contributed by atoms with Gasteiger partial charge in [-0.1, -0.05) is 64.9 Å². The van der Waals surface area contributed by atoms with E-state index in [0.29, 0.717) is 59.0 Å². The number of methoxy groups -OCH3 is 1. The van der Waals surface area contributed by atoms with E-state index in [0.717, 1.165) is 0 Å². The molecular weight excluding hydrogens is 621 g/mol. The van der Waals surface area contributed by atoms with E-state index in [4.69, 9.17) is 32.4 Å². The normalized spacial score (nSPS) is 14.6. The maximum Gasteiger partial charge on any atom is 0.338 e. The maximum atomic E-state index is 14.0. The number of nitrogens with zero attached hydrogens (tertiary/aromatic N) is 2. The molecule has 6 rings (SSSR count). The molecule has 0 aliphatic carbocycles. The molecule has 5 aromatic rings. The number of allylic oxidation sites excluding steroid dienone is 1. The molecule has 2 aromatic heterocycles. The van der Waals surface area contributed by atoms with Gasteiger partial charge in [0.1, 0.15) is 11.5 Å². The Morgan fingerprint density at radius 3 is 2.45 bits per heavy atom. The quantitative estimate of drug-likeness (QED) is 0.221. The molecule has 1 aliphatic rings. The first kappa shape index (κ1) is 29.4. The average molecular weight is 645 g/mol. The van der Waals surface area contributed by atoms with Crippen LogP contribution in [0.15, 0.2) is 110 Å². The molecule has 11 heteroatoms. The van der Waals surface area contributed by atoms with Gasteiger partial charge in [0.15, 0.2) is 4.80 Å². The van der Waals surface area contributed by atoms with Crippen LogP contribution in [0.2, 0.25) is 10.0 Å². The topological polar surface area (TPSA) is 103 Å². The molecule has 0 saturated heterocycles. The fourth-order valence-corrected chi connectivity index (χ4v) is 6.33. The standard InChI is InChI=1S/C33H23Cl2N3O5S/c1-18-28(30(39)37-22-6-4-3-5-7-22)29(19-8-10-20(34)11-9-19)38-31(40)27(44-33(38)36-18)17-23-13-15-26(43-23)25-16-21(35)12-14-24(25)32(41)42-2/h3-17,29H,1-2H3,(H,37,39)/b27-17+/t29-/m0/s1. The van der Waals surface area contributed by atoms with Crippen LogP contribution in [0.4, 0.5) is 5.69 Å². The van der Waals surface area contributed by atoms with Gasteiger partial charge in [0.2, 0.25) is 0 Å². The molecule has 1 amide bonds. The summed E-state index contributed by atoms with van der Waals surface area (Å²) in [5.41, 5.74) is 2.55. The number of hydrogen-bond donors (Lipinski definition) is 1. The molecule has 0 radical (unpaired) electrons. The second-order valence-electron chi connectivity index (χ2n) is 9.84. The number of halogens is 2. The number of hydrogen-bond acceptors (Lipinski definition) is 7. The van der Waals surface area contributed by atoms with Crippen LogP contribution in [0.25, 0.3) is 17.4 Å². The van der Waals surface area contributed by atoms with Crippen molar-refractivity contribution < 1.29 is 18.7 Å². The molecule has 220 valence electrons. The van der Waals surface area contributed by atoms with E-state index in [9.17, 15) is 14.4 Å². The molecule has 0 unspecified atom stereocenters. The Hall–Kier alpha value is -4.70. The third-order valence-electron chi connectivity index (χ3n) is 7.04. The minimum Gasteiger partial charge on any atom is -0.465 e. The lowest BCUT2D eigenvalue weighted by molar-refractivity contribution is -0.113. The first-order valence-electron chi connectivity index (χ1n) is 13.4. The van der Waals surface area contributed by atoms with Crippen LogP contribution in [0.1, 0.15) is 34.6 Å². The second kappa shape index (κ2) is 12.1. The summed E-state index contributed by atoms with van der Waals surface area (Å²) in [6.07, 6.45) is 1.61. The van der Waals surface area contributed by atoms with Gasteiger partial charge in [-0.05, 0) is 67.1 Å². The molecule has 44 heavy (non-hydrogen) atoms. The summed E-state index contributed by atoms with van der Waals surface area (Å²) < 4.78 is 12.8. The Bertz CT molecular complexity index is 2130. The summed E-state index contributed by atoms with van der Waals surface area (Å²) >= 11 is 13.6. The summed E-state index contributed by atoms with van der Waals surface area (Å²) in [6.45, 7) is 1.75. The average Bonchev–Trinajstić information content (AvgIpc) is 3.61. The Morgan fingerprint density at radius 2 is 1.73 bits per heavy atom. The Kier molecular flexibility index (Phi) is 8.09. The van der Waals surface area contributed by atoms with E-state index in [-0.39, 0.29) is 17.0 Å². The Morgan fingerprint density at radius 1 is 1.00 bits per heavy atom. The summed E-state index contributed by atoms with van der Waals surface area (Å²) in [5.74, 6) is -0.151. The Balaban J connectivity index is 1.44. The third-order valence-corrected chi connectivity index (χ3v) is 8.51. The fourth-order valence-electron chi connectivity index (χ4n) is 5.00. The smallest absolute Gasteiger partial charge is 0.338 e. The number of esters is 1. The number of carbonyl (C=O) groups is 2. The molecule has 3 heterocycles. The molecule has 0 fully saturated rings. The highest BCUT2D eigenvalue weighted by Crippen LogP contribution is 2.32. The number of ether oxygens (including phenoxy) is 1. The number of furan rings is 1. The lowest BCUT2D eigenvalue weighted by atomic mass is 9.95. The monoisotopic (exact) mass is 643 g/mol. The van der Waals surface area contributed by atoms with Crippen molar-refractivity contribution in [2.75, 3.05) is 12.4 Å². The second-order valence-corrected chi connectivity index (χ2v) is 11.7. The highest BCUT2D eigenvalue weighted by atomic mass is 35.5. The molecule has 1 N–H and O–H groups in total. The largest absolute Gasteiger partial charge is 0.465 e. The summed E-state index contributed by atoms with van der Waals surface area (Å²) in [6, 6.07) is 23.5. The summed E-state index contributed by atoms with van der Waals surface area (Å²) in [5, 5.41) is 3.88. The number of fused-ring (bicyclic) bond motifs is 1. The van der Waals surface area contributed by atoms with Gasteiger partial charge in [0.05, 0.1) is 34.5 Å². The van der Waals surface area contributed by atoms with Gasteiger partial charge >= 0.3 is 5.97 Å². The first-order chi connectivity index (χ1) is 21.2. The fraction of sp³-hybridized carbons (Fsp3) is 0.0909. The zero-order chi connectivity index (χ0) is 31.0. The van der Waals surface area contributed by atoms with Gasteiger partial charge in [0.25, 0.3) is 11.5 Å². The molecule has 0 bridgehead atoms. The lowest BCUT2D eigenvalue weighted by Crippen LogP contribution is -2.40. The SMILES string of the molecule is COC(=O)c1ccc(Cl)cc1-c1ccc(/C=c2/sc3n(c2=O)[C@@H](c2ccc(Cl)cc2)C(C(=O)Nc2ccccc2)=C(C)N=3)o1. The van der Waals surface area contributed by atoms with Crippen LogP contribution in [0.3, 0.4) is 0 Å². The predicted octanol–water partition coefficient (Wildman–Crippen LogP) is 6.23. The van der Waals surface area contributed by atoms with Crippen molar-refractivity contribution in [3.05, 3.63) is 143 Å². The van der Waals surface area contributed by atoms with Crippen LogP contribution >= 0.6 is 34.5 Å². The van der Waals surface area contributed by atoms with Gasteiger partial charge in [-0.15, -0.1) is 0 Å². The van der Waals surface area contributed by atoms with Crippen LogP contribution in [0, 0.1) is 0 Å². The highest BCUT2D eigenvalue weighted by molar-refractivity contribution is 7.07. The van der Waals surface area contributed by atoms with E-state index < -0.39 is 12.0 Å². The molecule has 8 nitrogen and oxygen atoms in total.